The molecule has 0 N–H and O–H groups in total. The summed E-state index contributed by atoms with van der Waals surface area (Å²) in [6.45, 7) is 1.71. The third kappa shape index (κ3) is 2.94. The second-order valence-corrected chi connectivity index (χ2v) is 4.69. The van der Waals surface area contributed by atoms with Crippen LogP contribution in [0.25, 0.3) is 0 Å². The van der Waals surface area contributed by atoms with Gasteiger partial charge in [-0.25, -0.2) is 4.79 Å². The highest BCUT2D eigenvalue weighted by Crippen LogP contribution is 2.30. The molecule has 2 rings (SSSR count). The lowest BCUT2D eigenvalue weighted by Gasteiger charge is -2.18. The van der Waals surface area contributed by atoms with Crippen LogP contribution in [0.2, 0.25) is 0 Å². The van der Waals surface area contributed by atoms with E-state index in [-0.39, 0.29) is 35.6 Å². The zero-order valence-electron chi connectivity index (χ0n) is 11.6. The Morgan fingerprint density at radius 1 is 1.41 bits per heavy atom. The van der Waals surface area contributed by atoms with Gasteiger partial charge in [0.15, 0.2) is 5.78 Å². The number of fused-ring (bicyclic) bond motifs is 1. The predicted octanol–water partition coefficient (Wildman–Crippen LogP) is 2.71. The average molecular weight is 326 g/mol. The first-order valence-electron chi connectivity index (χ1n) is 6.50. The Balaban J connectivity index is 2.48. The number of hydrogen-bond acceptors (Lipinski definition) is 6. The smallest absolute Gasteiger partial charge is 0.376 e. The number of rotatable bonds is 4. The number of nitrogens with zero attached hydrogens (tertiary/aromatic N) is 1. The van der Waals surface area contributed by atoms with Crippen LogP contribution in [0, 0.1) is 10.1 Å². The molecule has 0 spiro atoms. The summed E-state index contributed by atoms with van der Waals surface area (Å²) in [4.78, 5) is 34.5. The molecule has 0 radical (unpaired) electrons. The summed E-state index contributed by atoms with van der Waals surface area (Å²) in [6.07, 6.45) is 0.683. The van der Waals surface area contributed by atoms with E-state index in [9.17, 15) is 19.7 Å². The highest BCUT2D eigenvalue weighted by atomic mass is 35.5. The van der Waals surface area contributed by atoms with E-state index >= 15 is 0 Å². The van der Waals surface area contributed by atoms with E-state index in [2.05, 4.69) is 4.29 Å². The van der Waals surface area contributed by atoms with Crippen molar-refractivity contribution in [1.82, 2.24) is 0 Å². The molecule has 1 aliphatic carbocycles. The molecule has 7 nitrogen and oxygen atoms in total. The molecule has 22 heavy (non-hydrogen) atoms. The van der Waals surface area contributed by atoms with E-state index in [1.165, 1.54) is 18.2 Å². The van der Waals surface area contributed by atoms with Crippen molar-refractivity contribution in [1.29, 1.82) is 0 Å². The first-order chi connectivity index (χ1) is 10.5. The first kappa shape index (κ1) is 16.0. The topological polar surface area (TPSA) is 95.7 Å². The van der Waals surface area contributed by atoms with Crippen LogP contribution in [0.15, 0.2) is 29.5 Å². The molecule has 0 unspecified atom stereocenters. The predicted molar refractivity (Wildman–Crippen MR) is 76.3 cm³/mol. The molecule has 0 fully saturated rings. The molecule has 0 saturated heterocycles. The molecular formula is C14H12ClNO6. The number of aryl methyl sites for hydroxylation is 1. The molecule has 0 bridgehead atoms. The number of nitro groups is 1. The number of esters is 1. The molecule has 0 atom stereocenters. The molecule has 1 aromatic rings. The van der Waals surface area contributed by atoms with Gasteiger partial charge in [0, 0.05) is 17.7 Å². The van der Waals surface area contributed by atoms with E-state index in [1.54, 1.807) is 6.92 Å². The van der Waals surface area contributed by atoms with Crippen LogP contribution in [-0.4, -0.2) is 23.3 Å². The number of allylic oxidation sites excluding steroid dienone is 1. The summed E-state index contributed by atoms with van der Waals surface area (Å²) in [6, 6.07) is 4.06. The Morgan fingerprint density at radius 3 is 2.73 bits per heavy atom. The van der Waals surface area contributed by atoms with Gasteiger partial charge in [0.05, 0.1) is 17.1 Å². The van der Waals surface area contributed by atoms with Gasteiger partial charge in [-0.2, -0.15) is 0 Å². The highest BCUT2D eigenvalue weighted by Gasteiger charge is 2.31. The van der Waals surface area contributed by atoms with Crippen LogP contribution < -0.4 is 0 Å². The fraction of sp³-hybridized carbons (Fsp3) is 0.286. The van der Waals surface area contributed by atoms with Gasteiger partial charge in [-0.15, -0.1) is 0 Å². The minimum Gasteiger partial charge on any atom is -0.460 e. The fourth-order valence-electron chi connectivity index (χ4n) is 2.26. The van der Waals surface area contributed by atoms with Crippen LogP contribution in [0.4, 0.5) is 5.69 Å². The number of Topliss-reactive ketones (excluding diaryl/α,β-unsaturated/α-hetero) is 1. The van der Waals surface area contributed by atoms with Crippen LogP contribution in [-0.2, 0) is 20.2 Å². The van der Waals surface area contributed by atoms with Crippen LogP contribution >= 0.6 is 11.9 Å². The van der Waals surface area contributed by atoms with Crippen molar-refractivity contribution in [2.24, 2.45) is 0 Å². The number of halogens is 1. The Labute approximate surface area is 130 Å². The number of benzene rings is 1. The molecule has 0 aliphatic heterocycles. The molecular weight excluding hydrogens is 314 g/mol. The van der Waals surface area contributed by atoms with Gasteiger partial charge in [0.2, 0.25) is 5.76 Å². The number of nitro benzene ring substituents is 1. The van der Waals surface area contributed by atoms with Crippen LogP contribution in [0.1, 0.15) is 29.3 Å². The Kier molecular flexibility index (Phi) is 4.77. The standard InChI is InChI=1S/C14H12ClNO6/c1-2-21-14(18)13(22-15)10-6-4-8-3-5-9(16(19)20)7-11(8)12(10)17/h3,5,7H,2,4,6H2,1H3/b13-10-. The summed E-state index contributed by atoms with van der Waals surface area (Å²) in [7, 11) is 0. The van der Waals surface area contributed by atoms with Crippen molar-refractivity contribution in [3.8, 4) is 0 Å². The number of non-ortho nitro benzene ring substituents is 1. The van der Waals surface area contributed by atoms with Crippen LogP contribution in [0.3, 0.4) is 0 Å². The highest BCUT2D eigenvalue weighted by molar-refractivity contribution is 6.16. The van der Waals surface area contributed by atoms with Crippen molar-refractivity contribution in [3.05, 3.63) is 50.8 Å². The Bertz CT molecular complexity index is 682. The van der Waals surface area contributed by atoms with Crippen molar-refractivity contribution in [2.75, 3.05) is 6.61 Å². The van der Waals surface area contributed by atoms with E-state index < -0.39 is 16.7 Å². The maximum absolute atomic E-state index is 12.5. The largest absolute Gasteiger partial charge is 0.460 e. The zero-order chi connectivity index (χ0) is 16.3. The van der Waals surface area contributed by atoms with E-state index in [4.69, 9.17) is 16.6 Å². The van der Waals surface area contributed by atoms with Crippen molar-refractivity contribution in [2.45, 2.75) is 19.8 Å². The normalized spacial score (nSPS) is 15.8. The monoisotopic (exact) mass is 325 g/mol. The number of hydrogen-bond donors (Lipinski definition) is 0. The lowest BCUT2D eigenvalue weighted by atomic mass is 9.86. The molecule has 0 amide bonds. The molecule has 1 aromatic carbocycles. The Morgan fingerprint density at radius 2 is 2.14 bits per heavy atom. The van der Waals surface area contributed by atoms with Crippen molar-refractivity contribution < 1.29 is 23.5 Å². The van der Waals surface area contributed by atoms with Gasteiger partial charge >= 0.3 is 5.97 Å². The fourth-order valence-corrected chi connectivity index (χ4v) is 2.41. The molecule has 0 saturated carbocycles. The number of carbonyl (C=O) groups excluding carboxylic acids is 2. The number of ketones is 1. The summed E-state index contributed by atoms with van der Waals surface area (Å²) in [5.74, 6) is -1.73. The second kappa shape index (κ2) is 6.57. The van der Waals surface area contributed by atoms with Crippen molar-refractivity contribution >= 4 is 29.3 Å². The van der Waals surface area contributed by atoms with E-state index in [1.807, 2.05) is 0 Å². The molecule has 0 aromatic heterocycles. The quantitative estimate of drug-likeness (QED) is 0.278. The van der Waals surface area contributed by atoms with E-state index in [0.29, 0.717) is 12.0 Å². The van der Waals surface area contributed by atoms with E-state index in [0.717, 1.165) is 0 Å². The zero-order valence-corrected chi connectivity index (χ0v) is 12.4. The maximum atomic E-state index is 12.5. The lowest BCUT2D eigenvalue weighted by molar-refractivity contribution is -0.384. The average Bonchev–Trinajstić information content (AvgIpc) is 2.50. The minimum atomic E-state index is -0.838. The Hall–Kier alpha value is -2.41. The molecule has 0 heterocycles. The van der Waals surface area contributed by atoms with Gasteiger partial charge < -0.3 is 9.03 Å². The molecule has 8 heteroatoms. The number of carbonyl (C=O) groups is 2. The maximum Gasteiger partial charge on any atom is 0.376 e. The lowest BCUT2D eigenvalue weighted by Crippen LogP contribution is -2.20. The van der Waals surface area contributed by atoms with Crippen LogP contribution in [0.5, 0.6) is 0 Å². The van der Waals surface area contributed by atoms with Gasteiger partial charge in [-0.1, -0.05) is 6.07 Å². The first-order valence-corrected chi connectivity index (χ1v) is 6.81. The second-order valence-electron chi connectivity index (χ2n) is 4.53. The minimum absolute atomic E-state index is 0.0569. The van der Waals surface area contributed by atoms with Gasteiger partial charge in [-0.3, -0.25) is 14.9 Å². The SMILES string of the molecule is CCOC(=O)/C(OCl)=C1\CCc2ccc([N+](=O)[O-])cc2C1=O. The summed E-state index contributed by atoms with van der Waals surface area (Å²) in [5.41, 5.74) is 0.711. The summed E-state index contributed by atoms with van der Waals surface area (Å²) >= 11 is 5.29. The van der Waals surface area contributed by atoms with Gasteiger partial charge in [0.1, 0.15) is 11.9 Å². The van der Waals surface area contributed by atoms with Gasteiger partial charge in [-0.05, 0) is 25.3 Å². The summed E-state index contributed by atoms with van der Waals surface area (Å²) in [5, 5.41) is 10.8. The molecule has 1 aliphatic rings. The van der Waals surface area contributed by atoms with Crippen molar-refractivity contribution in [3.63, 3.8) is 0 Å². The third-order valence-electron chi connectivity index (χ3n) is 3.28. The van der Waals surface area contributed by atoms with Gasteiger partial charge in [0.25, 0.3) is 5.69 Å². The number of ether oxygens (including phenoxy) is 1. The summed E-state index contributed by atoms with van der Waals surface area (Å²) < 4.78 is 9.27. The molecule has 116 valence electrons. The third-order valence-corrected chi connectivity index (χ3v) is 3.43.